The van der Waals surface area contributed by atoms with E-state index in [0.29, 0.717) is 18.7 Å². The van der Waals surface area contributed by atoms with Gasteiger partial charge >= 0.3 is 0 Å². The summed E-state index contributed by atoms with van der Waals surface area (Å²) in [6.45, 7) is 1.04. The first-order valence-corrected chi connectivity index (χ1v) is 7.90. The van der Waals surface area contributed by atoms with Gasteiger partial charge in [0.05, 0.1) is 0 Å². The van der Waals surface area contributed by atoms with Crippen LogP contribution in [0, 0.1) is 0 Å². The molecule has 0 saturated carbocycles. The summed E-state index contributed by atoms with van der Waals surface area (Å²) < 4.78 is 5.75. The number of carbonyl (C=O) groups is 1. The number of carbonyl (C=O) groups excluding carboxylic acids is 1. The lowest BCUT2D eigenvalue weighted by Gasteiger charge is -2.08. The molecule has 0 aliphatic heterocycles. The van der Waals surface area contributed by atoms with Gasteiger partial charge in [-0.3, -0.25) is 4.79 Å². The summed E-state index contributed by atoms with van der Waals surface area (Å²) in [6, 6.07) is 27.0. The van der Waals surface area contributed by atoms with Crippen molar-refractivity contribution in [2.45, 2.75) is 13.2 Å². The first-order chi connectivity index (χ1) is 11.8. The summed E-state index contributed by atoms with van der Waals surface area (Å²) in [5.74, 6) is 0.747. The number of hydrogen-bond donors (Lipinski definition) is 1. The fourth-order valence-corrected chi connectivity index (χ4v) is 2.32. The highest BCUT2D eigenvalue weighted by Crippen LogP contribution is 2.14. The summed E-state index contributed by atoms with van der Waals surface area (Å²) in [5.41, 5.74) is 2.84. The normalized spacial score (nSPS) is 10.2. The zero-order valence-corrected chi connectivity index (χ0v) is 13.3. The Kier molecular flexibility index (Phi) is 5.25. The molecule has 0 saturated heterocycles. The predicted molar refractivity (Wildman–Crippen MR) is 94.8 cm³/mol. The van der Waals surface area contributed by atoms with Gasteiger partial charge in [-0.15, -0.1) is 0 Å². The molecule has 0 radical (unpaired) electrons. The molecule has 120 valence electrons. The Hall–Kier alpha value is -3.07. The van der Waals surface area contributed by atoms with Crippen LogP contribution < -0.4 is 10.1 Å². The van der Waals surface area contributed by atoms with Gasteiger partial charge in [0, 0.05) is 12.1 Å². The molecule has 3 heteroatoms. The lowest BCUT2D eigenvalue weighted by atomic mass is 10.2. The third-order valence-electron chi connectivity index (χ3n) is 3.66. The van der Waals surface area contributed by atoms with Crippen molar-refractivity contribution < 1.29 is 9.53 Å². The van der Waals surface area contributed by atoms with Gasteiger partial charge < -0.3 is 10.1 Å². The van der Waals surface area contributed by atoms with Gasteiger partial charge in [-0.05, 0) is 35.4 Å². The molecule has 0 atom stereocenters. The Morgan fingerprint density at radius 2 is 1.38 bits per heavy atom. The van der Waals surface area contributed by atoms with Crippen molar-refractivity contribution in [3.63, 3.8) is 0 Å². The van der Waals surface area contributed by atoms with Gasteiger partial charge in [-0.1, -0.05) is 60.7 Å². The molecular formula is C21H19NO2. The second-order valence-corrected chi connectivity index (χ2v) is 5.47. The summed E-state index contributed by atoms with van der Waals surface area (Å²) in [5, 5.41) is 2.91. The first-order valence-electron chi connectivity index (χ1n) is 7.90. The summed E-state index contributed by atoms with van der Waals surface area (Å²) in [4.78, 5) is 12.0. The minimum Gasteiger partial charge on any atom is -0.489 e. The number of nitrogens with one attached hydrogen (secondary N) is 1. The molecule has 3 aromatic rings. The topological polar surface area (TPSA) is 38.3 Å². The van der Waals surface area contributed by atoms with Crippen LogP contribution in [0.4, 0.5) is 0 Å². The Morgan fingerprint density at radius 3 is 2.04 bits per heavy atom. The fourth-order valence-electron chi connectivity index (χ4n) is 2.32. The first kappa shape index (κ1) is 15.8. The van der Waals surface area contributed by atoms with Gasteiger partial charge in [0.15, 0.2) is 0 Å². The van der Waals surface area contributed by atoms with E-state index >= 15 is 0 Å². The SMILES string of the molecule is O=C(NCc1ccc(OCc2ccccc2)cc1)c1ccccc1. The van der Waals surface area contributed by atoms with E-state index in [4.69, 9.17) is 4.74 Å². The number of hydrogen-bond acceptors (Lipinski definition) is 2. The van der Waals surface area contributed by atoms with Crippen molar-refractivity contribution in [2.24, 2.45) is 0 Å². The van der Waals surface area contributed by atoms with Crippen molar-refractivity contribution in [1.82, 2.24) is 5.32 Å². The highest BCUT2D eigenvalue weighted by Gasteiger charge is 2.04. The third kappa shape index (κ3) is 4.46. The number of benzene rings is 3. The Bertz CT molecular complexity index is 768. The van der Waals surface area contributed by atoms with Gasteiger partial charge in [0.25, 0.3) is 5.91 Å². The van der Waals surface area contributed by atoms with Gasteiger partial charge in [0.1, 0.15) is 12.4 Å². The molecular weight excluding hydrogens is 298 g/mol. The maximum Gasteiger partial charge on any atom is 0.251 e. The van der Waals surface area contributed by atoms with Crippen molar-refractivity contribution >= 4 is 5.91 Å². The minimum absolute atomic E-state index is 0.0694. The van der Waals surface area contributed by atoms with Gasteiger partial charge in [0.2, 0.25) is 0 Å². The zero-order chi connectivity index (χ0) is 16.6. The second-order valence-electron chi connectivity index (χ2n) is 5.47. The van der Waals surface area contributed by atoms with Gasteiger partial charge in [-0.25, -0.2) is 0 Å². The van der Waals surface area contributed by atoms with E-state index in [0.717, 1.165) is 16.9 Å². The quantitative estimate of drug-likeness (QED) is 0.740. The van der Waals surface area contributed by atoms with E-state index in [2.05, 4.69) is 5.32 Å². The Morgan fingerprint density at radius 1 is 0.750 bits per heavy atom. The van der Waals surface area contributed by atoms with Crippen LogP contribution in [0.1, 0.15) is 21.5 Å². The van der Waals surface area contributed by atoms with Crippen molar-refractivity contribution in [3.05, 3.63) is 102 Å². The highest BCUT2D eigenvalue weighted by atomic mass is 16.5. The lowest BCUT2D eigenvalue weighted by Crippen LogP contribution is -2.22. The summed E-state index contributed by atoms with van der Waals surface area (Å²) in [6.07, 6.45) is 0. The van der Waals surface area contributed by atoms with Crippen LogP contribution >= 0.6 is 0 Å². The molecule has 0 fully saturated rings. The van der Waals surface area contributed by atoms with Crippen LogP contribution in [0.25, 0.3) is 0 Å². The highest BCUT2D eigenvalue weighted by molar-refractivity contribution is 5.94. The van der Waals surface area contributed by atoms with E-state index in [1.165, 1.54) is 0 Å². The molecule has 1 amide bonds. The van der Waals surface area contributed by atoms with E-state index in [9.17, 15) is 4.79 Å². The zero-order valence-electron chi connectivity index (χ0n) is 13.3. The molecule has 0 aromatic heterocycles. The molecule has 0 unspecified atom stereocenters. The molecule has 3 nitrogen and oxygen atoms in total. The predicted octanol–water partition coefficient (Wildman–Crippen LogP) is 4.20. The molecule has 3 rings (SSSR count). The smallest absolute Gasteiger partial charge is 0.251 e. The second kappa shape index (κ2) is 7.97. The Balaban J connectivity index is 1.50. The van der Waals surface area contributed by atoms with E-state index in [1.54, 1.807) is 12.1 Å². The average molecular weight is 317 g/mol. The molecule has 1 N–H and O–H groups in total. The molecule has 0 aliphatic carbocycles. The van der Waals surface area contributed by atoms with Crippen LogP contribution in [0.15, 0.2) is 84.9 Å². The number of ether oxygens (including phenoxy) is 1. The van der Waals surface area contributed by atoms with Crippen molar-refractivity contribution in [2.75, 3.05) is 0 Å². The van der Waals surface area contributed by atoms with E-state index in [1.807, 2.05) is 72.8 Å². The van der Waals surface area contributed by atoms with Crippen LogP contribution in [0.3, 0.4) is 0 Å². The maximum absolute atomic E-state index is 12.0. The minimum atomic E-state index is -0.0694. The lowest BCUT2D eigenvalue weighted by molar-refractivity contribution is 0.0951. The standard InChI is InChI=1S/C21H19NO2/c23-21(19-9-5-2-6-10-19)22-15-17-11-13-20(14-12-17)24-16-18-7-3-1-4-8-18/h1-14H,15-16H2,(H,22,23). The van der Waals surface area contributed by atoms with Crippen molar-refractivity contribution in [3.8, 4) is 5.75 Å². The van der Waals surface area contributed by atoms with E-state index in [-0.39, 0.29) is 5.91 Å². The van der Waals surface area contributed by atoms with Crippen LogP contribution in [0.5, 0.6) is 5.75 Å². The van der Waals surface area contributed by atoms with Crippen LogP contribution in [0.2, 0.25) is 0 Å². The molecule has 0 heterocycles. The van der Waals surface area contributed by atoms with Gasteiger partial charge in [-0.2, -0.15) is 0 Å². The molecule has 24 heavy (non-hydrogen) atoms. The number of amides is 1. The Labute approximate surface area is 141 Å². The van der Waals surface area contributed by atoms with E-state index < -0.39 is 0 Å². The fraction of sp³-hybridized carbons (Fsp3) is 0.0952. The van der Waals surface area contributed by atoms with Crippen molar-refractivity contribution in [1.29, 1.82) is 0 Å². The average Bonchev–Trinajstić information content (AvgIpc) is 2.67. The maximum atomic E-state index is 12.0. The number of rotatable bonds is 6. The molecule has 0 spiro atoms. The third-order valence-corrected chi connectivity index (χ3v) is 3.66. The van der Waals surface area contributed by atoms with Crippen LogP contribution in [-0.2, 0) is 13.2 Å². The molecule has 0 bridgehead atoms. The largest absolute Gasteiger partial charge is 0.489 e. The van der Waals surface area contributed by atoms with Crippen LogP contribution in [-0.4, -0.2) is 5.91 Å². The molecule has 0 aliphatic rings. The summed E-state index contributed by atoms with van der Waals surface area (Å²) in [7, 11) is 0. The monoisotopic (exact) mass is 317 g/mol. The summed E-state index contributed by atoms with van der Waals surface area (Å²) >= 11 is 0. The molecule has 3 aromatic carbocycles.